The number of methoxy groups -OCH3 is 1. The number of urea groups is 1. The van der Waals surface area contributed by atoms with E-state index in [1.165, 1.54) is 0 Å². The van der Waals surface area contributed by atoms with Crippen LogP contribution < -0.4 is 10.6 Å². The summed E-state index contributed by atoms with van der Waals surface area (Å²) in [7, 11) is 1.07. The Bertz CT molecular complexity index is 900. The van der Waals surface area contributed by atoms with Gasteiger partial charge < -0.3 is 14.2 Å². The topological polar surface area (TPSA) is 103 Å². The molecular formula is C18H20F6N2O6S. The van der Waals surface area contributed by atoms with E-state index in [-0.39, 0.29) is 10.6 Å². The summed E-state index contributed by atoms with van der Waals surface area (Å²) in [6.45, 7) is -2.03. The summed E-state index contributed by atoms with van der Waals surface area (Å²) in [5.41, 5.74) is -3.96. The fourth-order valence-corrected chi connectivity index (χ4v) is 4.38. The Labute approximate surface area is 187 Å². The quantitative estimate of drug-likeness (QED) is 0.330. The lowest BCUT2D eigenvalue weighted by atomic mass is 9.95. The van der Waals surface area contributed by atoms with Gasteiger partial charge in [0.15, 0.2) is 0 Å². The minimum absolute atomic E-state index is 0.0719. The molecule has 186 valence electrons. The molecule has 0 saturated carbocycles. The molecule has 1 aliphatic carbocycles. The van der Waals surface area contributed by atoms with E-state index in [0.717, 1.165) is 43.5 Å². The maximum Gasteiger partial charge on any atom is 0.448 e. The van der Waals surface area contributed by atoms with Gasteiger partial charge in [-0.1, -0.05) is 0 Å². The van der Waals surface area contributed by atoms with Crippen LogP contribution in [0.4, 0.5) is 36.1 Å². The lowest BCUT2D eigenvalue weighted by molar-refractivity contribution is -0.305. The summed E-state index contributed by atoms with van der Waals surface area (Å²) in [6.07, 6.45) is -8.57. The number of carbonyl (C=O) groups excluding carboxylic acids is 3. The van der Waals surface area contributed by atoms with Gasteiger partial charge in [-0.3, -0.25) is 10.6 Å². The molecule has 0 radical (unpaired) electrons. The van der Waals surface area contributed by atoms with Crippen molar-refractivity contribution >= 4 is 34.3 Å². The molecule has 1 aliphatic rings. The Morgan fingerprint density at radius 3 is 2.24 bits per heavy atom. The second-order valence-corrected chi connectivity index (χ2v) is 7.89. The number of esters is 2. The molecule has 2 N–H and O–H groups in total. The van der Waals surface area contributed by atoms with Gasteiger partial charge in [0.2, 0.25) is 0 Å². The number of aryl methyl sites for hydroxylation is 1. The third kappa shape index (κ3) is 6.07. The van der Waals surface area contributed by atoms with E-state index < -0.39 is 49.3 Å². The third-order valence-corrected chi connectivity index (χ3v) is 5.70. The molecule has 15 heteroatoms. The zero-order valence-corrected chi connectivity index (χ0v) is 18.2. The first-order valence-electron chi connectivity index (χ1n) is 9.52. The monoisotopic (exact) mass is 506 g/mol. The highest BCUT2D eigenvalue weighted by Gasteiger charge is 2.66. The van der Waals surface area contributed by atoms with Crippen LogP contribution in [-0.4, -0.2) is 56.4 Å². The van der Waals surface area contributed by atoms with Crippen molar-refractivity contribution in [3.8, 4) is 0 Å². The molecule has 1 heterocycles. The third-order valence-electron chi connectivity index (χ3n) is 4.49. The van der Waals surface area contributed by atoms with E-state index in [1.54, 1.807) is 0 Å². The average molecular weight is 506 g/mol. The first kappa shape index (κ1) is 26.7. The van der Waals surface area contributed by atoms with Crippen LogP contribution in [0.15, 0.2) is 0 Å². The predicted molar refractivity (Wildman–Crippen MR) is 102 cm³/mol. The molecule has 0 bridgehead atoms. The number of anilines is 1. The van der Waals surface area contributed by atoms with Crippen LogP contribution in [0.1, 0.15) is 40.6 Å². The maximum absolute atomic E-state index is 13.8. The highest BCUT2D eigenvalue weighted by Crippen LogP contribution is 2.39. The molecule has 1 atom stereocenters. The Morgan fingerprint density at radius 2 is 1.70 bits per heavy atom. The first-order chi connectivity index (χ1) is 15.3. The Kier molecular flexibility index (Phi) is 8.22. The van der Waals surface area contributed by atoms with Crippen molar-refractivity contribution in [2.24, 2.45) is 0 Å². The van der Waals surface area contributed by atoms with E-state index in [4.69, 9.17) is 0 Å². The summed E-state index contributed by atoms with van der Waals surface area (Å²) in [5.74, 6) is -3.15. The molecule has 0 aliphatic heterocycles. The largest absolute Gasteiger partial charge is 0.465 e. The number of hydrogen-bond acceptors (Lipinski definition) is 7. The maximum atomic E-state index is 13.8. The van der Waals surface area contributed by atoms with Gasteiger partial charge in [-0.15, -0.1) is 11.3 Å². The van der Waals surface area contributed by atoms with Crippen molar-refractivity contribution in [1.29, 1.82) is 0 Å². The molecule has 0 saturated heterocycles. The molecular weight excluding hydrogens is 486 g/mol. The number of amides is 2. The number of fused-ring (bicyclic) bond motifs is 1. The van der Waals surface area contributed by atoms with Gasteiger partial charge in [0, 0.05) is 4.88 Å². The molecule has 0 spiro atoms. The van der Waals surface area contributed by atoms with E-state index in [1.807, 2.05) is 5.32 Å². The van der Waals surface area contributed by atoms with Crippen LogP contribution >= 0.6 is 11.3 Å². The Morgan fingerprint density at radius 1 is 1.06 bits per heavy atom. The van der Waals surface area contributed by atoms with Crippen LogP contribution in [0.5, 0.6) is 0 Å². The fourth-order valence-electron chi connectivity index (χ4n) is 3.10. The van der Waals surface area contributed by atoms with E-state index in [2.05, 4.69) is 14.2 Å². The van der Waals surface area contributed by atoms with Gasteiger partial charge in [0.25, 0.3) is 0 Å². The highest BCUT2D eigenvalue weighted by atomic mass is 32.1. The summed E-state index contributed by atoms with van der Waals surface area (Å²) in [5, 5.41) is 2.95. The molecule has 33 heavy (non-hydrogen) atoms. The number of thiophene rings is 1. The number of ether oxygens (including phenoxy) is 3. The number of nitrogens with one attached hydrogen (secondary N) is 2. The van der Waals surface area contributed by atoms with Gasteiger partial charge in [0.05, 0.1) is 19.3 Å². The average Bonchev–Trinajstić information content (AvgIpc) is 3.06. The minimum atomic E-state index is -5.83. The van der Waals surface area contributed by atoms with Crippen molar-refractivity contribution in [2.45, 2.75) is 50.7 Å². The minimum Gasteiger partial charge on any atom is -0.465 e. The van der Waals surface area contributed by atoms with Crippen LogP contribution in [0, 0.1) is 0 Å². The van der Waals surface area contributed by atoms with Crippen molar-refractivity contribution in [3.05, 3.63) is 16.0 Å². The van der Waals surface area contributed by atoms with Crippen LogP contribution in [-0.2, 0) is 31.8 Å². The fraction of sp³-hybridized carbons (Fsp3) is 0.611. The number of alkyl halides is 6. The second-order valence-electron chi connectivity index (χ2n) is 6.79. The zero-order valence-electron chi connectivity index (χ0n) is 17.4. The molecule has 2 rings (SSSR count). The number of halogens is 6. The van der Waals surface area contributed by atoms with Gasteiger partial charge in [-0.05, 0) is 38.2 Å². The molecule has 8 nitrogen and oxygen atoms in total. The van der Waals surface area contributed by atoms with Crippen molar-refractivity contribution in [3.63, 3.8) is 0 Å². The van der Waals surface area contributed by atoms with E-state index >= 15 is 0 Å². The molecule has 0 fully saturated rings. The van der Waals surface area contributed by atoms with Crippen molar-refractivity contribution in [2.75, 3.05) is 25.6 Å². The van der Waals surface area contributed by atoms with Crippen molar-refractivity contribution < 1.29 is 54.9 Å². The normalized spacial score (nSPS) is 15.8. The van der Waals surface area contributed by atoms with Crippen LogP contribution in [0.25, 0.3) is 0 Å². The van der Waals surface area contributed by atoms with Gasteiger partial charge in [-0.25, -0.2) is 14.4 Å². The zero-order chi connectivity index (χ0) is 25.0. The number of rotatable bonds is 7. The molecule has 1 aromatic heterocycles. The first-order valence-corrected chi connectivity index (χ1v) is 10.3. The summed E-state index contributed by atoms with van der Waals surface area (Å²) < 4.78 is 91.9. The summed E-state index contributed by atoms with van der Waals surface area (Å²) in [4.78, 5) is 37.4. The smallest absolute Gasteiger partial charge is 0.448 e. The van der Waals surface area contributed by atoms with Crippen LogP contribution in [0.2, 0.25) is 0 Å². The Hall–Kier alpha value is -2.55. The summed E-state index contributed by atoms with van der Waals surface area (Å²) >= 11 is 0.913. The predicted octanol–water partition coefficient (Wildman–Crippen LogP) is 3.94. The number of carbonyl (C=O) groups is 3. The standard InChI is InChI=1S/C18H20F6N2O6S/c1-3-31-14(28)17(18(22,23)24,32-8-16(19,20)21)26-15(29)25-12-11(13(27)30-2)9-6-4-5-7-10(9)33-12/h3-8H2,1-2H3,(H2,25,26,29). The summed E-state index contributed by atoms with van der Waals surface area (Å²) in [6, 6.07) is -1.74. The SMILES string of the molecule is CCOC(=O)C(NC(=O)Nc1sc2c(c1C(=O)OC)CCCC2)(OCC(F)(F)F)C(F)(F)F. The molecule has 1 aromatic rings. The second kappa shape index (κ2) is 10.2. The molecule has 2 amide bonds. The molecule has 0 aromatic carbocycles. The lowest BCUT2D eigenvalue weighted by Crippen LogP contribution is -2.67. The Balaban J connectivity index is 2.41. The van der Waals surface area contributed by atoms with Crippen molar-refractivity contribution in [1.82, 2.24) is 5.32 Å². The number of hydrogen-bond donors (Lipinski definition) is 2. The van der Waals surface area contributed by atoms with Gasteiger partial charge in [0.1, 0.15) is 11.6 Å². The molecule has 1 unspecified atom stereocenters. The van der Waals surface area contributed by atoms with E-state index in [0.29, 0.717) is 23.3 Å². The van der Waals surface area contributed by atoms with E-state index in [9.17, 15) is 40.7 Å². The van der Waals surface area contributed by atoms with Gasteiger partial charge >= 0.3 is 36.0 Å². The van der Waals surface area contributed by atoms with Crippen LogP contribution in [0.3, 0.4) is 0 Å². The highest BCUT2D eigenvalue weighted by molar-refractivity contribution is 7.17. The van der Waals surface area contributed by atoms with Gasteiger partial charge in [-0.2, -0.15) is 26.3 Å². The lowest BCUT2D eigenvalue weighted by Gasteiger charge is -2.33.